The van der Waals surface area contributed by atoms with Crippen LogP contribution in [0.3, 0.4) is 0 Å². The maximum absolute atomic E-state index is 5.41. The molecule has 2 aromatic carbocycles. The number of benzene rings is 2. The molecule has 0 amide bonds. The number of aromatic nitrogens is 1. The molecule has 0 saturated carbocycles. The molecule has 2 nitrogen and oxygen atoms in total. The van der Waals surface area contributed by atoms with Gasteiger partial charge in [0.15, 0.2) is 0 Å². The van der Waals surface area contributed by atoms with E-state index < -0.39 is 0 Å². The van der Waals surface area contributed by atoms with Crippen molar-refractivity contribution in [3.8, 4) is 5.75 Å². The van der Waals surface area contributed by atoms with Gasteiger partial charge in [-0.3, -0.25) is 4.98 Å². The van der Waals surface area contributed by atoms with Gasteiger partial charge in [-0.05, 0) is 12.1 Å². The Labute approximate surface area is 114 Å². The van der Waals surface area contributed by atoms with Gasteiger partial charge >= 0.3 is 0 Å². The molecule has 19 heavy (non-hydrogen) atoms. The minimum Gasteiger partial charge on any atom is -0.494 e. The molecule has 4 rings (SSSR count). The lowest BCUT2D eigenvalue weighted by molar-refractivity contribution is 0.419. The summed E-state index contributed by atoms with van der Waals surface area (Å²) in [7, 11) is 1.69. The van der Waals surface area contributed by atoms with Crippen molar-refractivity contribution in [2.75, 3.05) is 7.11 Å². The Morgan fingerprint density at radius 2 is 1.79 bits per heavy atom. The molecule has 0 spiro atoms. The third-order valence-electron chi connectivity index (χ3n) is 3.42. The van der Waals surface area contributed by atoms with Crippen LogP contribution in [0.15, 0.2) is 48.7 Å². The van der Waals surface area contributed by atoms with Crippen LogP contribution >= 0.6 is 11.3 Å². The van der Waals surface area contributed by atoms with E-state index in [1.807, 2.05) is 18.3 Å². The van der Waals surface area contributed by atoms with Crippen LogP contribution in [0.5, 0.6) is 5.75 Å². The molecule has 0 radical (unpaired) electrons. The fourth-order valence-electron chi connectivity index (χ4n) is 2.58. The summed E-state index contributed by atoms with van der Waals surface area (Å²) in [6, 6.07) is 14.6. The van der Waals surface area contributed by atoms with Crippen molar-refractivity contribution in [2.24, 2.45) is 0 Å². The normalized spacial score (nSPS) is 11.4. The second-order valence-corrected chi connectivity index (χ2v) is 5.54. The number of hydrogen-bond donors (Lipinski definition) is 0. The maximum Gasteiger partial charge on any atom is 0.145 e. The number of thiophene rings is 1. The van der Waals surface area contributed by atoms with E-state index in [1.165, 1.54) is 20.2 Å². The third kappa shape index (κ3) is 1.45. The summed E-state index contributed by atoms with van der Waals surface area (Å²) in [5.41, 5.74) is 0.932. The summed E-state index contributed by atoms with van der Waals surface area (Å²) in [6.07, 6.45) is 1.95. The highest BCUT2D eigenvalue weighted by Crippen LogP contribution is 2.39. The minimum atomic E-state index is 0.828. The number of ether oxygens (including phenoxy) is 1. The van der Waals surface area contributed by atoms with Crippen LogP contribution in [-0.2, 0) is 0 Å². The van der Waals surface area contributed by atoms with Crippen LogP contribution in [0.25, 0.3) is 31.1 Å². The Hall–Kier alpha value is -2.13. The molecular weight excluding hydrogens is 254 g/mol. The van der Waals surface area contributed by atoms with Crippen LogP contribution in [-0.4, -0.2) is 12.1 Å². The largest absolute Gasteiger partial charge is 0.494 e. The molecule has 0 fully saturated rings. The van der Waals surface area contributed by atoms with Crippen molar-refractivity contribution < 1.29 is 4.74 Å². The van der Waals surface area contributed by atoms with E-state index in [1.54, 1.807) is 18.4 Å². The number of pyridine rings is 1. The van der Waals surface area contributed by atoms with Crippen molar-refractivity contribution in [2.45, 2.75) is 0 Å². The quantitative estimate of drug-likeness (QED) is 0.501. The zero-order valence-corrected chi connectivity index (χ0v) is 11.2. The predicted molar refractivity (Wildman–Crippen MR) is 81.2 cm³/mol. The first-order valence-electron chi connectivity index (χ1n) is 6.11. The Kier molecular flexibility index (Phi) is 2.23. The first kappa shape index (κ1) is 10.8. The second kappa shape index (κ2) is 3.93. The zero-order chi connectivity index (χ0) is 12.8. The summed E-state index contributed by atoms with van der Waals surface area (Å²) in [5, 5.41) is 3.74. The van der Waals surface area contributed by atoms with E-state index in [0.717, 1.165) is 16.7 Å². The van der Waals surface area contributed by atoms with Gasteiger partial charge in [0.05, 0.1) is 11.8 Å². The van der Waals surface area contributed by atoms with Gasteiger partial charge in [-0.1, -0.05) is 30.3 Å². The van der Waals surface area contributed by atoms with Crippen LogP contribution in [0, 0.1) is 0 Å². The topological polar surface area (TPSA) is 22.1 Å². The van der Waals surface area contributed by atoms with Gasteiger partial charge in [-0.15, -0.1) is 11.3 Å². The number of nitrogens with zero attached hydrogens (tertiary/aromatic N) is 1. The van der Waals surface area contributed by atoms with Gasteiger partial charge in [-0.2, -0.15) is 0 Å². The Balaban J connectivity index is 2.30. The fourth-order valence-corrected chi connectivity index (χ4v) is 3.67. The van der Waals surface area contributed by atoms with E-state index >= 15 is 0 Å². The lowest BCUT2D eigenvalue weighted by Crippen LogP contribution is -1.87. The standard InChI is InChI=1S/C16H11NOS/c1-18-12-7-4-6-11-15-10-5-2-3-8-13(10)19-14(15)9-17-16(11)12/h2-9H,1H3. The number of hydrogen-bond acceptors (Lipinski definition) is 3. The lowest BCUT2D eigenvalue weighted by Gasteiger charge is -2.05. The Morgan fingerprint density at radius 3 is 2.68 bits per heavy atom. The molecule has 0 bridgehead atoms. The van der Waals surface area contributed by atoms with Gasteiger partial charge in [0.1, 0.15) is 11.3 Å². The molecule has 0 saturated heterocycles. The molecule has 4 aromatic rings. The highest BCUT2D eigenvalue weighted by molar-refractivity contribution is 7.26. The van der Waals surface area contributed by atoms with E-state index in [-0.39, 0.29) is 0 Å². The Bertz CT molecular complexity index is 910. The lowest BCUT2D eigenvalue weighted by atomic mass is 10.1. The van der Waals surface area contributed by atoms with Gasteiger partial charge < -0.3 is 4.74 Å². The van der Waals surface area contributed by atoms with Gasteiger partial charge in [0.25, 0.3) is 0 Å². The van der Waals surface area contributed by atoms with Gasteiger partial charge in [-0.25, -0.2) is 0 Å². The summed E-state index contributed by atoms with van der Waals surface area (Å²) < 4.78 is 7.93. The predicted octanol–water partition coefficient (Wildman–Crippen LogP) is 4.61. The van der Waals surface area contributed by atoms with E-state index in [4.69, 9.17) is 4.74 Å². The van der Waals surface area contributed by atoms with E-state index in [0.29, 0.717) is 0 Å². The highest BCUT2D eigenvalue weighted by Gasteiger charge is 2.11. The maximum atomic E-state index is 5.41. The average Bonchev–Trinajstić information content (AvgIpc) is 2.85. The molecule has 0 N–H and O–H groups in total. The Morgan fingerprint density at radius 1 is 0.947 bits per heavy atom. The van der Waals surface area contributed by atoms with E-state index in [2.05, 4.69) is 35.3 Å². The average molecular weight is 265 g/mol. The van der Waals surface area contributed by atoms with Crippen molar-refractivity contribution >= 4 is 42.4 Å². The van der Waals surface area contributed by atoms with Crippen LogP contribution in [0.2, 0.25) is 0 Å². The van der Waals surface area contributed by atoms with Crippen molar-refractivity contribution in [1.82, 2.24) is 4.98 Å². The first-order valence-corrected chi connectivity index (χ1v) is 6.93. The molecule has 0 unspecified atom stereocenters. The monoisotopic (exact) mass is 265 g/mol. The summed E-state index contributed by atoms with van der Waals surface area (Å²) >= 11 is 1.79. The molecule has 2 heterocycles. The van der Waals surface area contributed by atoms with Gasteiger partial charge in [0, 0.05) is 27.1 Å². The fraction of sp³-hybridized carbons (Fsp3) is 0.0625. The molecule has 0 aliphatic heterocycles. The number of fused-ring (bicyclic) bond motifs is 5. The van der Waals surface area contributed by atoms with Crippen molar-refractivity contribution in [3.05, 3.63) is 48.7 Å². The van der Waals surface area contributed by atoms with Crippen molar-refractivity contribution in [3.63, 3.8) is 0 Å². The molecular formula is C16H11NOS. The van der Waals surface area contributed by atoms with Crippen LogP contribution < -0.4 is 4.74 Å². The minimum absolute atomic E-state index is 0.828. The molecule has 3 heteroatoms. The smallest absolute Gasteiger partial charge is 0.145 e. The third-order valence-corrected chi connectivity index (χ3v) is 4.53. The molecule has 0 aliphatic rings. The summed E-state index contributed by atoms with van der Waals surface area (Å²) in [4.78, 5) is 4.56. The van der Waals surface area contributed by atoms with Gasteiger partial charge in [0.2, 0.25) is 0 Å². The molecule has 0 aliphatic carbocycles. The zero-order valence-electron chi connectivity index (χ0n) is 10.4. The first-order chi connectivity index (χ1) is 9.38. The molecule has 92 valence electrons. The van der Waals surface area contributed by atoms with E-state index in [9.17, 15) is 0 Å². The van der Waals surface area contributed by atoms with Crippen molar-refractivity contribution in [1.29, 1.82) is 0 Å². The summed E-state index contributed by atoms with van der Waals surface area (Å²) in [5.74, 6) is 0.828. The second-order valence-electron chi connectivity index (χ2n) is 4.45. The SMILES string of the molecule is COc1cccc2c1ncc1sc3ccccc3c12. The molecule has 2 aromatic heterocycles. The summed E-state index contributed by atoms with van der Waals surface area (Å²) in [6.45, 7) is 0. The van der Waals surface area contributed by atoms with Crippen LogP contribution in [0.4, 0.5) is 0 Å². The number of methoxy groups -OCH3 is 1. The number of rotatable bonds is 1. The number of para-hydroxylation sites is 1. The van der Waals surface area contributed by atoms with Crippen LogP contribution in [0.1, 0.15) is 0 Å². The molecule has 0 atom stereocenters. The highest BCUT2D eigenvalue weighted by atomic mass is 32.1.